The number of sulfonamides is 1. The Kier molecular flexibility index (Phi) is 5.59. The van der Waals surface area contributed by atoms with Crippen LogP contribution in [0, 0.1) is 0 Å². The summed E-state index contributed by atoms with van der Waals surface area (Å²) in [7, 11) is -3.37. The normalized spacial score (nSPS) is 19.5. The Morgan fingerprint density at radius 3 is 2.83 bits per heavy atom. The summed E-state index contributed by atoms with van der Waals surface area (Å²) in [4.78, 5) is 0.365. The number of hydrogen-bond donors (Lipinski definition) is 2. The van der Waals surface area contributed by atoms with Crippen molar-refractivity contribution in [2.24, 2.45) is 0 Å². The van der Waals surface area contributed by atoms with Gasteiger partial charge in [0.25, 0.3) is 0 Å². The largest absolute Gasteiger partial charge is 0.315 e. The third kappa shape index (κ3) is 3.68. The van der Waals surface area contributed by atoms with Gasteiger partial charge < -0.3 is 5.32 Å². The zero-order chi connectivity index (χ0) is 12.3. The Bertz CT molecular complexity index is 485. The van der Waals surface area contributed by atoms with E-state index in [0.29, 0.717) is 11.4 Å². The van der Waals surface area contributed by atoms with Gasteiger partial charge in [-0.05, 0) is 37.1 Å². The molecule has 6 heteroatoms. The molecule has 1 unspecified atom stereocenters. The van der Waals surface area contributed by atoms with Gasteiger partial charge in [-0.3, -0.25) is 0 Å². The monoisotopic (exact) mass is 290 g/mol. The molecule has 2 rings (SSSR count). The fraction of sp³-hybridized carbons (Fsp3) is 0.500. The van der Waals surface area contributed by atoms with Crippen molar-refractivity contribution in [3.63, 3.8) is 0 Å². The average Bonchev–Trinajstić information content (AvgIpc) is 2.81. The second kappa shape index (κ2) is 6.52. The first-order valence-electron chi connectivity index (χ1n) is 5.94. The number of rotatable bonds is 4. The predicted molar refractivity (Wildman–Crippen MR) is 74.7 cm³/mol. The van der Waals surface area contributed by atoms with Crippen LogP contribution in [0.2, 0.25) is 0 Å². The third-order valence-electron chi connectivity index (χ3n) is 3.00. The number of nitrogens with one attached hydrogen (secondary N) is 2. The highest BCUT2D eigenvalue weighted by molar-refractivity contribution is 7.89. The van der Waals surface area contributed by atoms with Crippen LogP contribution in [0.1, 0.15) is 18.9 Å². The first kappa shape index (κ1) is 15.4. The molecule has 1 atom stereocenters. The second-order valence-electron chi connectivity index (χ2n) is 4.31. The Labute approximate surface area is 115 Å². The highest BCUT2D eigenvalue weighted by atomic mass is 35.5. The van der Waals surface area contributed by atoms with Gasteiger partial charge in [-0.15, -0.1) is 12.4 Å². The van der Waals surface area contributed by atoms with Gasteiger partial charge in [-0.1, -0.05) is 19.1 Å². The topological polar surface area (TPSA) is 58.2 Å². The minimum Gasteiger partial charge on any atom is -0.315 e. The summed E-state index contributed by atoms with van der Waals surface area (Å²) in [6.45, 7) is 3.61. The lowest BCUT2D eigenvalue weighted by Gasteiger charge is -2.12. The van der Waals surface area contributed by atoms with Crippen molar-refractivity contribution in [2.45, 2.75) is 30.7 Å². The van der Waals surface area contributed by atoms with Crippen molar-refractivity contribution in [1.82, 2.24) is 10.0 Å². The van der Waals surface area contributed by atoms with Crippen LogP contribution >= 0.6 is 12.4 Å². The van der Waals surface area contributed by atoms with E-state index in [-0.39, 0.29) is 18.4 Å². The van der Waals surface area contributed by atoms with E-state index in [9.17, 15) is 8.42 Å². The van der Waals surface area contributed by atoms with E-state index in [1.54, 1.807) is 18.2 Å². The molecule has 4 nitrogen and oxygen atoms in total. The lowest BCUT2D eigenvalue weighted by Crippen LogP contribution is -2.36. The molecule has 1 aromatic rings. The van der Waals surface area contributed by atoms with Crippen LogP contribution in [-0.2, 0) is 16.4 Å². The van der Waals surface area contributed by atoms with Crippen LogP contribution < -0.4 is 10.0 Å². The molecule has 0 aromatic heterocycles. The van der Waals surface area contributed by atoms with Crippen molar-refractivity contribution >= 4 is 22.4 Å². The standard InChI is InChI=1S/C12H18N2O2S.ClH/c1-2-10-4-3-5-12(8-10)17(15,16)14-11-6-7-13-9-11;/h3-5,8,11,13-14H,2,6-7,9H2,1H3;1H. The van der Waals surface area contributed by atoms with Crippen LogP contribution in [-0.4, -0.2) is 27.5 Å². The van der Waals surface area contributed by atoms with Gasteiger partial charge >= 0.3 is 0 Å². The minimum atomic E-state index is -3.37. The van der Waals surface area contributed by atoms with Crippen LogP contribution in [0.3, 0.4) is 0 Å². The number of aryl methyl sites for hydroxylation is 1. The molecular weight excluding hydrogens is 272 g/mol. The molecule has 0 bridgehead atoms. The molecule has 1 aliphatic rings. The molecule has 0 amide bonds. The van der Waals surface area contributed by atoms with Crippen LogP contribution in [0.5, 0.6) is 0 Å². The third-order valence-corrected chi connectivity index (χ3v) is 4.52. The van der Waals surface area contributed by atoms with Gasteiger partial charge in [0, 0.05) is 12.6 Å². The van der Waals surface area contributed by atoms with Crippen LogP contribution in [0.4, 0.5) is 0 Å². The first-order valence-corrected chi connectivity index (χ1v) is 7.42. The summed E-state index contributed by atoms with van der Waals surface area (Å²) in [5.41, 5.74) is 1.04. The van der Waals surface area contributed by atoms with E-state index in [4.69, 9.17) is 0 Å². The lowest BCUT2D eigenvalue weighted by molar-refractivity contribution is 0.560. The van der Waals surface area contributed by atoms with E-state index in [2.05, 4.69) is 10.0 Å². The Morgan fingerprint density at radius 1 is 1.44 bits per heavy atom. The maximum Gasteiger partial charge on any atom is 0.240 e. The van der Waals surface area contributed by atoms with Crippen molar-refractivity contribution in [3.8, 4) is 0 Å². The molecule has 0 aliphatic carbocycles. The maximum absolute atomic E-state index is 12.1. The van der Waals surface area contributed by atoms with E-state index in [1.807, 2.05) is 13.0 Å². The second-order valence-corrected chi connectivity index (χ2v) is 6.03. The predicted octanol–water partition coefficient (Wildman–Crippen LogP) is 1.31. The summed E-state index contributed by atoms with van der Waals surface area (Å²) < 4.78 is 27.0. The summed E-state index contributed by atoms with van der Waals surface area (Å²) in [5, 5.41) is 3.14. The zero-order valence-electron chi connectivity index (χ0n) is 10.3. The lowest BCUT2D eigenvalue weighted by atomic mass is 10.2. The smallest absolute Gasteiger partial charge is 0.240 e. The Morgan fingerprint density at radius 2 is 2.22 bits per heavy atom. The van der Waals surface area contributed by atoms with Gasteiger partial charge in [0.15, 0.2) is 0 Å². The molecule has 1 heterocycles. The molecular formula is C12H19ClN2O2S. The van der Waals surface area contributed by atoms with Gasteiger partial charge in [0.05, 0.1) is 4.90 Å². The van der Waals surface area contributed by atoms with Crippen molar-refractivity contribution < 1.29 is 8.42 Å². The zero-order valence-corrected chi connectivity index (χ0v) is 12.0. The van der Waals surface area contributed by atoms with Gasteiger partial charge in [-0.25, -0.2) is 13.1 Å². The summed E-state index contributed by atoms with van der Waals surface area (Å²) >= 11 is 0. The van der Waals surface area contributed by atoms with E-state index in [0.717, 1.165) is 24.9 Å². The molecule has 2 N–H and O–H groups in total. The molecule has 0 spiro atoms. The van der Waals surface area contributed by atoms with E-state index < -0.39 is 10.0 Å². The van der Waals surface area contributed by atoms with Gasteiger partial charge in [-0.2, -0.15) is 0 Å². The minimum absolute atomic E-state index is 0. The highest BCUT2D eigenvalue weighted by Gasteiger charge is 2.22. The molecule has 0 saturated carbocycles. The Hall–Kier alpha value is -0.620. The summed E-state index contributed by atoms with van der Waals surface area (Å²) in [6, 6.07) is 7.13. The maximum atomic E-state index is 12.1. The number of hydrogen-bond acceptors (Lipinski definition) is 3. The van der Waals surface area contributed by atoms with Gasteiger partial charge in [0.1, 0.15) is 0 Å². The molecule has 102 valence electrons. The quantitative estimate of drug-likeness (QED) is 0.879. The van der Waals surface area contributed by atoms with E-state index >= 15 is 0 Å². The fourth-order valence-corrected chi connectivity index (χ4v) is 3.32. The summed E-state index contributed by atoms with van der Waals surface area (Å²) in [6.07, 6.45) is 1.70. The van der Waals surface area contributed by atoms with Crippen LogP contribution in [0.15, 0.2) is 29.2 Å². The number of halogens is 1. The molecule has 1 aromatic carbocycles. The van der Waals surface area contributed by atoms with Crippen molar-refractivity contribution in [1.29, 1.82) is 0 Å². The first-order chi connectivity index (χ1) is 8.12. The summed E-state index contributed by atoms with van der Waals surface area (Å²) in [5.74, 6) is 0. The molecule has 1 fully saturated rings. The van der Waals surface area contributed by atoms with E-state index in [1.165, 1.54) is 0 Å². The van der Waals surface area contributed by atoms with Gasteiger partial charge in [0.2, 0.25) is 10.0 Å². The molecule has 18 heavy (non-hydrogen) atoms. The fourth-order valence-electron chi connectivity index (χ4n) is 1.98. The Balaban J connectivity index is 0.00000162. The van der Waals surface area contributed by atoms with Crippen molar-refractivity contribution in [3.05, 3.63) is 29.8 Å². The molecule has 0 radical (unpaired) electrons. The van der Waals surface area contributed by atoms with Crippen LogP contribution in [0.25, 0.3) is 0 Å². The van der Waals surface area contributed by atoms with Crippen molar-refractivity contribution in [2.75, 3.05) is 13.1 Å². The highest BCUT2D eigenvalue weighted by Crippen LogP contribution is 2.13. The average molecular weight is 291 g/mol. The molecule has 1 aliphatic heterocycles. The SMILES string of the molecule is CCc1cccc(S(=O)(=O)NC2CCNC2)c1.Cl. The molecule has 1 saturated heterocycles. The number of benzene rings is 1.